The number of pyridine rings is 1. The van der Waals surface area contributed by atoms with Gasteiger partial charge >= 0.3 is 0 Å². The smallest absolute Gasteiger partial charge is 0.177 e. The van der Waals surface area contributed by atoms with Crippen LogP contribution in [-0.2, 0) is 0 Å². The van der Waals surface area contributed by atoms with Crippen LogP contribution in [0.25, 0.3) is 28.7 Å². The maximum atomic E-state index is 4.68. The van der Waals surface area contributed by atoms with Crippen LogP contribution in [0.1, 0.15) is 28.5 Å². The summed E-state index contributed by atoms with van der Waals surface area (Å²) in [5.74, 6) is 0.654. The van der Waals surface area contributed by atoms with Crippen LogP contribution in [0.3, 0.4) is 0 Å². The molecule has 24 heavy (non-hydrogen) atoms. The van der Waals surface area contributed by atoms with Crippen LogP contribution in [-0.4, -0.2) is 24.6 Å². The molecule has 118 valence electrons. The highest BCUT2D eigenvalue weighted by Gasteiger charge is 2.07. The minimum absolute atomic E-state index is 0.654. The molecule has 1 aromatic carbocycles. The maximum Gasteiger partial charge on any atom is 0.177 e. The molecule has 0 radical (unpaired) electrons. The lowest BCUT2D eigenvalue weighted by atomic mass is 10.1. The molecule has 3 heterocycles. The minimum Gasteiger partial charge on any atom is -0.256 e. The third kappa shape index (κ3) is 2.44. The summed E-state index contributed by atoms with van der Waals surface area (Å²) in [7, 11) is 0. The van der Waals surface area contributed by atoms with E-state index in [4.69, 9.17) is 0 Å². The molecule has 5 heteroatoms. The van der Waals surface area contributed by atoms with E-state index < -0.39 is 0 Å². The van der Waals surface area contributed by atoms with E-state index in [0.29, 0.717) is 5.82 Å². The molecular weight excluding hydrogens is 298 g/mol. The summed E-state index contributed by atoms with van der Waals surface area (Å²) in [5, 5.41) is 5.70. The van der Waals surface area contributed by atoms with Gasteiger partial charge in [-0.15, -0.1) is 5.10 Å². The van der Waals surface area contributed by atoms with Crippen molar-refractivity contribution >= 4 is 28.7 Å². The average molecular weight is 315 g/mol. The Morgan fingerprint density at radius 2 is 1.83 bits per heavy atom. The summed E-state index contributed by atoms with van der Waals surface area (Å²) in [5.41, 5.74) is 5.72. The fourth-order valence-corrected chi connectivity index (χ4v) is 2.80. The van der Waals surface area contributed by atoms with E-state index in [-0.39, 0.29) is 0 Å². The Kier molecular flexibility index (Phi) is 3.34. The molecule has 0 spiro atoms. The van der Waals surface area contributed by atoms with Crippen molar-refractivity contribution < 1.29 is 0 Å². The van der Waals surface area contributed by atoms with Gasteiger partial charge in [-0.1, -0.05) is 18.2 Å². The predicted octanol–water partition coefficient (Wildman–Crippen LogP) is 3.77. The predicted molar refractivity (Wildman–Crippen MR) is 95.7 cm³/mol. The summed E-state index contributed by atoms with van der Waals surface area (Å²) in [6.45, 7) is 6.00. The van der Waals surface area contributed by atoms with Crippen molar-refractivity contribution in [3.63, 3.8) is 0 Å². The second-order valence-electron chi connectivity index (χ2n) is 5.90. The summed E-state index contributed by atoms with van der Waals surface area (Å²) >= 11 is 0. The highest BCUT2D eigenvalue weighted by Crippen LogP contribution is 2.18. The molecule has 0 amide bonds. The standard InChI is InChI=1S/C19H17N5/c1-12-10-15(21-17-7-5-4-6-16(12)17)8-9-18-22-19-14(3)20-11-13(2)24(19)23-18/h4-11H,1-3H3/b9-8+. The van der Waals surface area contributed by atoms with Gasteiger partial charge in [0.2, 0.25) is 0 Å². The van der Waals surface area contributed by atoms with Crippen molar-refractivity contribution in [1.29, 1.82) is 0 Å². The molecule has 0 aliphatic carbocycles. The topological polar surface area (TPSA) is 56.0 Å². The second-order valence-corrected chi connectivity index (χ2v) is 5.90. The van der Waals surface area contributed by atoms with Crippen LogP contribution >= 0.6 is 0 Å². The van der Waals surface area contributed by atoms with Crippen molar-refractivity contribution in [3.8, 4) is 0 Å². The first-order valence-corrected chi connectivity index (χ1v) is 7.85. The van der Waals surface area contributed by atoms with Crippen LogP contribution in [0.15, 0.2) is 36.5 Å². The normalized spacial score (nSPS) is 11.8. The van der Waals surface area contributed by atoms with E-state index in [1.54, 1.807) is 6.20 Å². The molecule has 0 saturated heterocycles. The molecule has 0 atom stereocenters. The van der Waals surface area contributed by atoms with Gasteiger partial charge in [-0.2, -0.15) is 0 Å². The molecule has 0 saturated carbocycles. The number of hydrogen-bond donors (Lipinski definition) is 0. The Morgan fingerprint density at radius 3 is 2.67 bits per heavy atom. The molecule has 4 rings (SSSR count). The van der Waals surface area contributed by atoms with Crippen LogP contribution in [0, 0.1) is 20.8 Å². The van der Waals surface area contributed by atoms with Crippen LogP contribution in [0.2, 0.25) is 0 Å². The molecule has 0 N–H and O–H groups in total. The third-order valence-electron chi connectivity index (χ3n) is 4.07. The number of aryl methyl sites for hydroxylation is 3. The zero-order valence-electron chi connectivity index (χ0n) is 13.9. The monoisotopic (exact) mass is 315 g/mol. The maximum absolute atomic E-state index is 4.68. The highest BCUT2D eigenvalue weighted by atomic mass is 15.3. The first-order valence-electron chi connectivity index (χ1n) is 7.85. The van der Waals surface area contributed by atoms with Gasteiger partial charge in [0.15, 0.2) is 11.5 Å². The number of nitrogens with zero attached hydrogens (tertiary/aromatic N) is 5. The fourth-order valence-electron chi connectivity index (χ4n) is 2.80. The Hall–Kier alpha value is -3.08. The van der Waals surface area contributed by atoms with E-state index in [0.717, 1.165) is 28.2 Å². The van der Waals surface area contributed by atoms with Crippen LogP contribution in [0.4, 0.5) is 0 Å². The summed E-state index contributed by atoms with van der Waals surface area (Å²) in [6.07, 6.45) is 5.65. The lowest BCUT2D eigenvalue weighted by molar-refractivity contribution is 0.884. The minimum atomic E-state index is 0.654. The average Bonchev–Trinajstić information content (AvgIpc) is 3.02. The summed E-state index contributed by atoms with van der Waals surface area (Å²) in [6, 6.07) is 10.2. The van der Waals surface area contributed by atoms with Crippen LogP contribution in [0.5, 0.6) is 0 Å². The number of para-hydroxylation sites is 1. The zero-order chi connectivity index (χ0) is 16.7. The second kappa shape index (κ2) is 5.53. The molecule has 4 aromatic rings. The van der Waals surface area contributed by atoms with E-state index in [9.17, 15) is 0 Å². The fraction of sp³-hybridized carbons (Fsp3) is 0.158. The quantitative estimate of drug-likeness (QED) is 0.565. The van der Waals surface area contributed by atoms with E-state index in [2.05, 4.69) is 39.1 Å². The van der Waals surface area contributed by atoms with Gasteiger partial charge in [0.25, 0.3) is 0 Å². The molecule has 0 bridgehead atoms. The van der Waals surface area contributed by atoms with Gasteiger partial charge in [0, 0.05) is 11.6 Å². The van der Waals surface area contributed by atoms with Crippen molar-refractivity contribution in [2.75, 3.05) is 0 Å². The van der Waals surface area contributed by atoms with Crippen molar-refractivity contribution in [2.24, 2.45) is 0 Å². The lowest BCUT2D eigenvalue weighted by Crippen LogP contribution is -1.97. The van der Waals surface area contributed by atoms with E-state index >= 15 is 0 Å². The summed E-state index contributed by atoms with van der Waals surface area (Å²) in [4.78, 5) is 13.6. The Balaban J connectivity index is 1.75. The molecule has 0 aliphatic heterocycles. The van der Waals surface area contributed by atoms with Gasteiger partial charge in [-0.3, -0.25) is 4.98 Å². The number of aromatic nitrogens is 5. The number of rotatable bonds is 2. The van der Waals surface area contributed by atoms with Gasteiger partial charge in [-0.05, 0) is 50.6 Å². The lowest BCUT2D eigenvalue weighted by Gasteiger charge is -2.02. The Labute approximate surface area is 139 Å². The summed E-state index contributed by atoms with van der Waals surface area (Å²) < 4.78 is 1.82. The third-order valence-corrected chi connectivity index (χ3v) is 4.07. The molecule has 0 fully saturated rings. The van der Waals surface area contributed by atoms with Gasteiger partial charge < -0.3 is 0 Å². The molecule has 5 nitrogen and oxygen atoms in total. The van der Waals surface area contributed by atoms with Crippen molar-refractivity contribution in [1.82, 2.24) is 24.6 Å². The largest absolute Gasteiger partial charge is 0.256 e. The molecule has 0 unspecified atom stereocenters. The molecular formula is C19H17N5. The van der Waals surface area contributed by atoms with Gasteiger partial charge in [0.05, 0.1) is 22.6 Å². The first kappa shape index (κ1) is 14.5. The van der Waals surface area contributed by atoms with E-state index in [1.165, 1.54) is 10.9 Å². The number of fused-ring (bicyclic) bond motifs is 2. The zero-order valence-corrected chi connectivity index (χ0v) is 13.9. The van der Waals surface area contributed by atoms with Gasteiger partial charge in [0.1, 0.15) is 0 Å². The Morgan fingerprint density at radius 1 is 1.00 bits per heavy atom. The molecule has 3 aromatic heterocycles. The number of benzene rings is 1. The van der Waals surface area contributed by atoms with E-state index in [1.807, 2.05) is 48.7 Å². The SMILES string of the molecule is Cc1cc(/C=C/c2nc3c(C)ncc(C)n3n2)nc2ccccc12. The molecule has 0 aliphatic rings. The number of hydrogen-bond acceptors (Lipinski definition) is 4. The first-order chi connectivity index (χ1) is 11.6. The Bertz CT molecular complexity index is 1050. The van der Waals surface area contributed by atoms with Crippen molar-refractivity contribution in [3.05, 3.63) is 65.0 Å². The van der Waals surface area contributed by atoms with Crippen molar-refractivity contribution in [2.45, 2.75) is 20.8 Å². The highest BCUT2D eigenvalue weighted by molar-refractivity contribution is 5.83. The van der Waals surface area contributed by atoms with Gasteiger partial charge in [-0.25, -0.2) is 14.5 Å². The van der Waals surface area contributed by atoms with Crippen LogP contribution < -0.4 is 0 Å².